The smallest absolute Gasteiger partial charge is 0.657 e. The minimum Gasteiger partial charge on any atom is -0.657 e. The average molecular weight is 784 g/mol. The van der Waals surface area contributed by atoms with Crippen LogP contribution in [0.1, 0.15) is 110 Å². The third kappa shape index (κ3) is 8.79. The third-order valence-corrected chi connectivity index (χ3v) is 10.0. The van der Waals surface area contributed by atoms with Crippen molar-refractivity contribution in [2.75, 3.05) is 13.2 Å². The first kappa shape index (κ1) is 40.8. The Balaban J connectivity index is 0.00000580. The number of hydrogen-bond acceptors (Lipinski definition) is 8. The minimum absolute atomic E-state index is 0. The Morgan fingerprint density at radius 1 is 0.782 bits per heavy atom. The first-order valence-corrected chi connectivity index (χ1v) is 18.3. The normalized spacial score (nSPS) is 12.5. The quantitative estimate of drug-likeness (QED) is 0.0684. The van der Waals surface area contributed by atoms with Crippen LogP contribution >= 0.6 is 0 Å². The van der Waals surface area contributed by atoms with Crippen molar-refractivity contribution in [3.63, 3.8) is 0 Å². The summed E-state index contributed by atoms with van der Waals surface area (Å²) in [6, 6.07) is 7.35. The fourth-order valence-electron chi connectivity index (χ4n) is 7.18. The molecule has 0 saturated carbocycles. The fourth-order valence-corrected chi connectivity index (χ4v) is 7.18. The second kappa shape index (κ2) is 17.4. The number of aromatic nitrogens is 6. The van der Waals surface area contributed by atoms with E-state index in [1.165, 1.54) is 13.8 Å². The molecule has 6 heterocycles. The molecule has 0 aliphatic carbocycles. The standard InChI is InChI=1S/C42H47N7O5.Fe/c1-8-54-40(53)13-11-30-24(3)31-18-33-25(4)41(27(6)50)38(47-33)20-34-26(5)42(28(7)51)37(48-34)19-32-23(2)29(35(46-32)21-36(30)45-31)10-12-39(52)44-14-9-16-49-17-15-43-22-49;/h15,17-22H,8-14,16H2,1-7H3,(H3,44,45,46,47,48,50,51,52);/q;+2/p-2. The number of Topliss-reactive ketones (excluding diaryl/α,β-unsaturated/α-hetero) is 2. The molecule has 0 radical (unpaired) electrons. The van der Waals surface area contributed by atoms with Crippen LogP contribution in [0.4, 0.5) is 0 Å². The van der Waals surface area contributed by atoms with E-state index in [0.29, 0.717) is 86.5 Å². The van der Waals surface area contributed by atoms with Crippen molar-refractivity contribution in [1.82, 2.24) is 34.8 Å². The van der Waals surface area contributed by atoms with Crippen molar-refractivity contribution in [2.45, 2.75) is 87.1 Å². The van der Waals surface area contributed by atoms with E-state index in [0.717, 1.165) is 35.2 Å². The Morgan fingerprint density at radius 2 is 1.44 bits per heavy atom. The first-order valence-electron chi connectivity index (χ1n) is 18.3. The summed E-state index contributed by atoms with van der Waals surface area (Å²) in [7, 11) is 0. The molecule has 0 spiro atoms. The van der Waals surface area contributed by atoms with E-state index in [-0.39, 0.29) is 60.0 Å². The number of ketones is 2. The number of aryl methyl sites for hydroxylation is 4. The van der Waals surface area contributed by atoms with Crippen LogP contribution in [0.3, 0.4) is 0 Å². The molecule has 0 unspecified atom stereocenters. The number of ether oxygens (including phenoxy) is 1. The molecule has 12 nitrogen and oxygen atoms in total. The van der Waals surface area contributed by atoms with Crippen molar-refractivity contribution < 1.29 is 41.0 Å². The summed E-state index contributed by atoms with van der Waals surface area (Å²) in [5.74, 6) is -0.657. The Bertz CT molecular complexity index is 2400. The van der Waals surface area contributed by atoms with E-state index < -0.39 is 0 Å². The van der Waals surface area contributed by atoms with Gasteiger partial charge in [0.15, 0.2) is 11.6 Å². The molecule has 0 aromatic carbocycles. The van der Waals surface area contributed by atoms with Crippen molar-refractivity contribution in [3.05, 3.63) is 88.0 Å². The van der Waals surface area contributed by atoms with Gasteiger partial charge < -0.3 is 24.6 Å². The zero-order chi connectivity index (χ0) is 38.7. The van der Waals surface area contributed by atoms with Gasteiger partial charge in [-0.3, -0.25) is 19.2 Å². The van der Waals surface area contributed by atoms with Crippen LogP contribution in [0.25, 0.3) is 44.4 Å². The molecule has 0 saturated heterocycles. The molecule has 4 aromatic rings. The fraction of sp³-hybridized carbons (Fsp3) is 0.357. The Hall–Kier alpha value is -5.39. The van der Waals surface area contributed by atoms with Crippen molar-refractivity contribution in [1.29, 1.82) is 0 Å². The molecule has 0 fully saturated rings. The second-order valence-corrected chi connectivity index (χ2v) is 13.7. The molecule has 1 amide bonds. The maximum atomic E-state index is 13.1. The summed E-state index contributed by atoms with van der Waals surface area (Å²) in [6.07, 6.45) is 7.37. The number of hydrogen-bond donors (Lipinski definition) is 1. The number of carbonyl (C=O) groups is 4. The van der Waals surface area contributed by atoms with E-state index >= 15 is 0 Å². The van der Waals surface area contributed by atoms with Gasteiger partial charge in [-0.2, -0.15) is 0 Å². The molecule has 2 aliphatic heterocycles. The third-order valence-electron chi connectivity index (χ3n) is 10.0. The molecule has 4 aromatic heterocycles. The van der Waals surface area contributed by atoms with Crippen LogP contribution in [0.5, 0.6) is 0 Å². The molecule has 55 heavy (non-hydrogen) atoms. The summed E-state index contributed by atoms with van der Waals surface area (Å²) in [6.45, 7) is 14.0. The van der Waals surface area contributed by atoms with Crippen LogP contribution in [0.2, 0.25) is 0 Å². The van der Waals surface area contributed by atoms with Crippen LogP contribution in [0, 0.1) is 13.8 Å². The van der Waals surface area contributed by atoms with Crippen molar-refractivity contribution >= 4 is 67.8 Å². The first-order chi connectivity index (χ1) is 25.9. The van der Waals surface area contributed by atoms with Gasteiger partial charge in [0.05, 0.1) is 35.7 Å². The molecule has 2 aliphatic rings. The SMILES string of the molecule is CCOC(=O)CCC1=C(C)c2cc3[n-]c(cc4nc(cc5[n-]c(cc1n2)c(CCC(=O)NCCCn1ccnc1)c5C)C(C(C)=O)=C4C)c(C(C)=O)c3C.[Fe+2]. The number of imidazole rings is 1. The molecule has 6 rings (SSSR count). The predicted octanol–water partition coefficient (Wildman–Crippen LogP) is 6.52. The maximum Gasteiger partial charge on any atom is 2.00 e. The molecule has 8 bridgehead atoms. The summed E-state index contributed by atoms with van der Waals surface area (Å²) in [4.78, 5) is 75.6. The number of allylic oxidation sites excluding steroid dienone is 4. The largest absolute Gasteiger partial charge is 2.00 e. The molecule has 1 N–H and O–H groups in total. The number of fused-ring (bicyclic) bond motifs is 8. The predicted molar refractivity (Wildman–Crippen MR) is 208 cm³/mol. The van der Waals surface area contributed by atoms with E-state index in [1.807, 2.05) is 56.7 Å². The number of amides is 1. The van der Waals surface area contributed by atoms with Crippen LogP contribution in [-0.4, -0.2) is 56.1 Å². The second-order valence-electron chi connectivity index (χ2n) is 13.7. The van der Waals surface area contributed by atoms with Gasteiger partial charge in [-0.15, -0.1) is 22.1 Å². The molecular formula is C42H45FeN7O5. The van der Waals surface area contributed by atoms with Crippen molar-refractivity contribution in [2.24, 2.45) is 0 Å². The zero-order valence-corrected chi connectivity index (χ0v) is 33.4. The molecule has 286 valence electrons. The maximum absolute atomic E-state index is 13.1. The number of carbonyl (C=O) groups excluding carboxylic acids is 4. The van der Waals surface area contributed by atoms with E-state index in [9.17, 15) is 19.2 Å². The number of esters is 1. The number of rotatable bonds is 13. The summed E-state index contributed by atoms with van der Waals surface area (Å²) in [5.41, 5.74) is 10.4. The minimum atomic E-state index is -0.304. The van der Waals surface area contributed by atoms with Gasteiger partial charge in [0.2, 0.25) is 5.91 Å². The van der Waals surface area contributed by atoms with Gasteiger partial charge in [0.1, 0.15) is 0 Å². The summed E-state index contributed by atoms with van der Waals surface area (Å²) in [5, 5.41) is 3.03. The van der Waals surface area contributed by atoms with E-state index in [4.69, 9.17) is 24.7 Å². The Morgan fingerprint density at radius 3 is 2.13 bits per heavy atom. The van der Waals surface area contributed by atoms with Gasteiger partial charge in [-0.05, 0) is 84.4 Å². The monoisotopic (exact) mass is 783 g/mol. The molecular weight excluding hydrogens is 738 g/mol. The van der Waals surface area contributed by atoms with Crippen LogP contribution in [-0.2, 0) is 49.2 Å². The van der Waals surface area contributed by atoms with E-state index in [1.54, 1.807) is 25.5 Å². The van der Waals surface area contributed by atoms with Gasteiger partial charge in [0, 0.05) is 49.5 Å². The van der Waals surface area contributed by atoms with Crippen LogP contribution in [0.15, 0.2) is 43.0 Å². The zero-order valence-electron chi connectivity index (χ0n) is 32.3. The van der Waals surface area contributed by atoms with Gasteiger partial charge in [0.25, 0.3) is 0 Å². The van der Waals surface area contributed by atoms with Gasteiger partial charge >= 0.3 is 23.0 Å². The van der Waals surface area contributed by atoms with Crippen LogP contribution < -0.4 is 15.3 Å². The average Bonchev–Trinajstić information content (AvgIpc) is 3.92. The van der Waals surface area contributed by atoms with Gasteiger partial charge in [-0.25, -0.2) is 15.0 Å². The van der Waals surface area contributed by atoms with Gasteiger partial charge in [-0.1, -0.05) is 41.0 Å². The number of nitrogens with one attached hydrogen (secondary N) is 1. The topological polar surface area (TPSA) is 161 Å². The van der Waals surface area contributed by atoms with Crippen molar-refractivity contribution in [3.8, 4) is 0 Å². The van der Waals surface area contributed by atoms with E-state index in [2.05, 4.69) is 10.3 Å². The summed E-state index contributed by atoms with van der Waals surface area (Å²) >= 11 is 0. The Labute approximate surface area is 330 Å². The Kier molecular flexibility index (Phi) is 12.9. The molecule has 0 atom stereocenters. The molecule has 13 heteroatoms. The number of nitrogens with zero attached hydrogens (tertiary/aromatic N) is 6. The summed E-state index contributed by atoms with van der Waals surface area (Å²) < 4.78 is 7.22.